The molecule has 3 N–H and O–H groups in total. The number of amides is 2. The predicted molar refractivity (Wildman–Crippen MR) is 147 cm³/mol. The van der Waals surface area contributed by atoms with E-state index >= 15 is 0 Å². The van der Waals surface area contributed by atoms with Crippen LogP contribution in [0.25, 0.3) is 12.2 Å². The third-order valence-corrected chi connectivity index (χ3v) is 5.09. The van der Waals surface area contributed by atoms with E-state index in [0.29, 0.717) is 28.4 Å². The summed E-state index contributed by atoms with van der Waals surface area (Å²) in [4.78, 5) is 24.2. The zero-order valence-electron chi connectivity index (χ0n) is 21.6. The molecule has 190 valence electrons. The number of rotatable bonds is 9. The number of esters is 1. The van der Waals surface area contributed by atoms with Crippen molar-refractivity contribution in [3.05, 3.63) is 78.0 Å². The normalized spacial score (nSPS) is 11.9. The summed E-state index contributed by atoms with van der Waals surface area (Å²) in [6.07, 6.45) is 8.73. The molecule has 8 nitrogen and oxygen atoms in total. The van der Waals surface area contributed by atoms with Crippen LogP contribution in [0.5, 0.6) is 5.75 Å². The zero-order valence-corrected chi connectivity index (χ0v) is 21.6. The Morgan fingerprint density at radius 2 is 1.72 bits per heavy atom. The number of carbonyl (C=O) groups excluding carboxylic acids is 2. The largest absolute Gasteiger partial charge is 0.496 e. The Bertz CT molecular complexity index is 1170. The van der Waals surface area contributed by atoms with Crippen LogP contribution in [0.4, 0.5) is 16.2 Å². The lowest BCUT2D eigenvalue weighted by Gasteiger charge is -2.19. The Hall–Kier alpha value is -4.33. The number of nitrogens with one attached hydrogen (secondary N) is 3. The van der Waals surface area contributed by atoms with Gasteiger partial charge in [-0.3, -0.25) is 5.43 Å². The molecule has 0 aliphatic heterocycles. The Kier molecular flexibility index (Phi) is 10.0. The van der Waals surface area contributed by atoms with Crippen molar-refractivity contribution in [3.8, 4) is 5.75 Å². The first-order chi connectivity index (χ1) is 17.1. The van der Waals surface area contributed by atoms with Gasteiger partial charge < -0.3 is 20.1 Å². The quantitative estimate of drug-likeness (QED) is 0.217. The molecule has 2 aromatic rings. The van der Waals surface area contributed by atoms with Crippen molar-refractivity contribution in [3.63, 3.8) is 0 Å². The van der Waals surface area contributed by atoms with Gasteiger partial charge in [-0.15, -0.1) is 0 Å². The average Bonchev–Trinajstić information content (AvgIpc) is 2.86. The van der Waals surface area contributed by atoms with Crippen molar-refractivity contribution in [1.29, 1.82) is 0 Å². The molecule has 0 aliphatic rings. The summed E-state index contributed by atoms with van der Waals surface area (Å²) in [6.45, 7) is 11.8. The molecule has 2 rings (SSSR count). The van der Waals surface area contributed by atoms with Crippen LogP contribution in [-0.2, 0) is 4.74 Å². The lowest BCUT2D eigenvalue weighted by molar-refractivity contribution is 0.0600. The molecule has 0 radical (unpaired) electrons. The number of methoxy groups -OCH3 is 2. The molecule has 0 spiro atoms. The smallest absolute Gasteiger partial charge is 0.337 e. The van der Waals surface area contributed by atoms with Gasteiger partial charge in [0.1, 0.15) is 5.75 Å². The third-order valence-electron chi connectivity index (χ3n) is 5.09. The van der Waals surface area contributed by atoms with Gasteiger partial charge in [0.05, 0.1) is 36.9 Å². The van der Waals surface area contributed by atoms with Crippen molar-refractivity contribution in [2.24, 2.45) is 10.5 Å². The van der Waals surface area contributed by atoms with Crippen molar-refractivity contribution < 1.29 is 19.1 Å². The van der Waals surface area contributed by atoms with E-state index in [2.05, 4.69) is 27.7 Å². The summed E-state index contributed by atoms with van der Waals surface area (Å²) in [6, 6.07) is 9.94. The van der Waals surface area contributed by atoms with E-state index in [4.69, 9.17) is 9.47 Å². The van der Waals surface area contributed by atoms with Crippen molar-refractivity contribution in [1.82, 2.24) is 5.32 Å². The topological polar surface area (TPSA) is 101 Å². The number of benzene rings is 2. The first-order valence-electron chi connectivity index (χ1n) is 11.4. The fourth-order valence-corrected chi connectivity index (χ4v) is 3.19. The van der Waals surface area contributed by atoms with Crippen molar-refractivity contribution in [2.45, 2.75) is 27.7 Å². The molecule has 0 atom stereocenters. The minimum atomic E-state index is -0.406. The maximum absolute atomic E-state index is 12.6. The highest BCUT2D eigenvalue weighted by atomic mass is 16.5. The number of carbonyl (C=O) groups is 2. The van der Waals surface area contributed by atoms with Crippen LogP contribution >= 0.6 is 0 Å². The van der Waals surface area contributed by atoms with Crippen LogP contribution in [0.2, 0.25) is 0 Å². The highest BCUT2D eigenvalue weighted by Gasteiger charge is 2.17. The van der Waals surface area contributed by atoms with Crippen LogP contribution in [0.15, 0.2) is 66.4 Å². The Morgan fingerprint density at radius 1 is 1.03 bits per heavy atom. The summed E-state index contributed by atoms with van der Waals surface area (Å²) in [5, 5.41) is 10.1. The van der Waals surface area contributed by atoms with E-state index in [9.17, 15) is 9.59 Å². The minimum Gasteiger partial charge on any atom is -0.496 e. The Morgan fingerprint density at radius 3 is 2.28 bits per heavy atom. The SMILES string of the molecule is C=Cc1c(OC)ccc(NC(=O)N/C=C/C(=N\Nc2ccc(C(=O)OC)cc2)C(C)(C)C)c1/C=C\C. The van der Waals surface area contributed by atoms with Gasteiger partial charge >= 0.3 is 12.0 Å². The summed E-state index contributed by atoms with van der Waals surface area (Å²) >= 11 is 0. The molecule has 8 heteroatoms. The molecular weight excluding hydrogens is 456 g/mol. The van der Waals surface area contributed by atoms with Gasteiger partial charge in [-0.2, -0.15) is 5.10 Å². The standard InChI is InChI=1S/C28H34N4O4/c1-8-10-22-21(9-2)24(35-6)16-15-23(22)30-27(34)29-18-17-25(28(3,4)5)32-31-20-13-11-19(12-14-20)26(33)36-7/h8-18,31H,2H2,1,3-7H3,(H2,29,30,34)/b10-8-,18-17+,32-25+. The predicted octanol–water partition coefficient (Wildman–Crippen LogP) is 6.31. The minimum absolute atomic E-state index is 0.304. The molecular formula is C28H34N4O4. The third kappa shape index (κ3) is 7.59. The van der Waals surface area contributed by atoms with Crippen molar-refractivity contribution in [2.75, 3.05) is 25.0 Å². The van der Waals surface area contributed by atoms with Gasteiger partial charge in [0.2, 0.25) is 0 Å². The molecule has 0 saturated heterocycles. The molecule has 0 fully saturated rings. The summed E-state index contributed by atoms with van der Waals surface area (Å²) in [5.41, 5.74) is 6.75. The second-order valence-corrected chi connectivity index (χ2v) is 8.71. The van der Waals surface area contributed by atoms with Crippen LogP contribution < -0.4 is 20.8 Å². The van der Waals surface area contributed by atoms with Crippen LogP contribution in [0, 0.1) is 5.41 Å². The highest BCUT2D eigenvalue weighted by molar-refractivity contribution is 6.00. The molecule has 36 heavy (non-hydrogen) atoms. The van der Waals surface area contributed by atoms with Crippen LogP contribution in [0.1, 0.15) is 49.2 Å². The highest BCUT2D eigenvalue weighted by Crippen LogP contribution is 2.31. The van der Waals surface area contributed by atoms with E-state index in [1.54, 1.807) is 55.7 Å². The number of allylic oxidation sites excluding steroid dienone is 2. The van der Waals surface area contributed by atoms with Gasteiger partial charge in [-0.25, -0.2) is 9.59 Å². The molecule has 0 unspecified atom stereocenters. The number of anilines is 2. The molecule has 0 heterocycles. The monoisotopic (exact) mass is 490 g/mol. The van der Waals surface area contributed by atoms with Crippen LogP contribution in [0.3, 0.4) is 0 Å². The molecule has 0 saturated carbocycles. The van der Waals surface area contributed by atoms with E-state index in [-0.39, 0.29) is 5.41 Å². The van der Waals surface area contributed by atoms with Gasteiger partial charge in [-0.1, -0.05) is 45.6 Å². The zero-order chi connectivity index (χ0) is 26.7. The summed E-state index contributed by atoms with van der Waals surface area (Å²) in [5.74, 6) is 0.267. The molecule has 0 bridgehead atoms. The molecule has 0 aromatic heterocycles. The Balaban J connectivity index is 2.14. The maximum atomic E-state index is 12.6. The second kappa shape index (κ2) is 12.9. The maximum Gasteiger partial charge on any atom is 0.337 e. The molecule has 2 aromatic carbocycles. The number of hydrazone groups is 1. The lowest BCUT2D eigenvalue weighted by Crippen LogP contribution is -2.26. The van der Waals surface area contributed by atoms with Gasteiger partial charge in [-0.05, 0) is 49.4 Å². The summed E-state index contributed by atoms with van der Waals surface area (Å²) < 4.78 is 10.1. The van der Waals surface area contributed by atoms with Gasteiger partial charge in [0.25, 0.3) is 0 Å². The lowest BCUT2D eigenvalue weighted by atomic mass is 9.90. The van der Waals surface area contributed by atoms with E-state index in [1.165, 1.54) is 13.3 Å². The summed E-state index contributed by atoms with van der Waals surface area (Å²) in [7, 11) is 2.93. The molecule has 0 aliphatic carbocycles. The Labute approximate surface area is 212 Å². The van der Waals surface area contributed by atoms with Gasteiger partial charge in [0.15, 0.2) is 0 Å². The first-order valence-corrected chi connectivity index (χ1v) is 11.4. The average molecular weight is 491 g/mol. The number of urea groups is 1. The van der Waals surface area contributed by atoms with E-state index in [1.807, 2.05) is 39.8 Å². The number of hydrogen-bond donors (Lipinski definition) is 3. The van der Waals surface area contributed by atoms with E-state index in [0.717, 1.165) is 11.1 Å². The van der Waals surface area contributed by atoms with Crippen molar-refractivity contribution >= 4 is 41.2 Å². The first kappa shape index (κ1) is 27.9. The fourth-order valence-electron chi connectivity index (χ4n) is 3.19. The van der Waals surface area contributed by atoms with Crippen LogP contribution in [-0.4, -0.2) is 31.9 Å². The molecule has 2 amide bonds. The second-order valence-electron chi connectivity index (χ2n) is 8.71. The number of ether oxygens (including phenoxy) is 2. The number of nitrogens with zero attached hydrogens (tertiary/aromatic N) is 1. The van der Waals surface area contributed by atoms with E-state index < -0.39 is 12.0 Å². The number of hydrogen-bond acceptors (Lipinski definition) is 6. The van der Waals surface area contributed by atoms with Gasteiger partial charge in [0, 0.05) is 22.7 Å². The fraction of sp³-hybridized carbons (Fsp3) is 0.250.